The van der Waals surface area contributed by atoms with Crippen LogP contribution in [0.5, 0.6) is 0 Å². The van der Waals surface area contributed by atoms with Crippen molar-refractivity contribution in [3.05, 3.63) is 51.4 Å². The van der Waals surface area contributed by atoms with Gasteiger partial charge in [0.1, 0.15) is 5.01 Å². The third kappa shape index (κ3) is 3.94. The van der Waals surface area contributed by atoms with Crippen LogP contribution < -0.4 is 10.6 Å². The quantitative estimate of drug-likeness (QED) is 0.745. The van der Waals surface area contributed by atoms with Gasteiger partial charge in [-0.15, -0.1) is 22.7 Å². The van der Waals surface area contributed by atoms with Gasteiger partial charge in [-0.1, -0.05) is 12.1 Å². The summed E-state index contributed by atoms with van der Waals surface area (Å²) in [5.74, 6) is 0. The third-order valence-corrected chi connectivity index (χ3v) is 5.10. The fourth-order valence-corrected chi connectivity index (χ4v) is 3.68. The lowest BCUT2D eigenvalue weighted by Crippen LogP contribution is -2.28. The van der Waals surface area contributed by atoms with Gasteiger partial charge in [-0.05, 0) is 26.0 Å². The summed E-state index contributed by atoms with van der Waals surface area (Å²) < 4.78 is 0. The first-order valence-electron chi connectivity index (χ1n) is 7.09. The van der Waals surface area contributed by atoms with Crippen LogP contribution in [0.25, 0.3) is 10.6 Å². The van der Waals surface area contributed by atoms with Crippen LogP contribution in [0.4, 0.5) is 10.5 Å². The van der Waals surface area contributed by atoms with Crippen molar-refractivity contribution in [2.24, 2.45) is 0 Å². The van der Waals surface area contributed by atoms with Crippen LogP contribution in [-0.2, 0) is 6.54 Å². The van der Waals surface area contributed by atoms with Crippen molar-refractivity contribution in [3.8, 4) is 10.6 Å². The Morgan fingerprint density at radius 3 is 2.87 bits per heavy atom. The van der Waals surface area contributed by atoms with E-state index >= 15 is 0 Å². The number of carbonyl (C=O) groups excluding carboxylic acids is 1. The maximum absolute atomic E-state index is 12.1. The average molecular weight is 344 g/mol. The molecule has 5 nitrogen and oxygen atoms in total. The van der Waals surface area contributed by atoms with E-state index in [1.807, 2.05) is 43.5 Å². The van der Waals surface area contributed by atoms with Gasteiger partial charge < -0.3 is 10.6 Å². The van der Waals surface area contributed by atoms with Gasteiger partial charge in [0, 0.05) is 27.7 Å². The van der Waals surface area contributed by atoms with Gasteiger partial charge in [-0.2, -0.15) is 0 Å². The summed E-state index contributed by atoms with van der Waals surface area (Å²) in [6, 6.07) is 7.43. The maximum Gasteiger partial charge on any atom is 0.319 e. The molecule has 118 valence electrons. The highest BCUT2D eigenvalue weighted by Gasteiger charge is 2.08. The number of benzene rings is 1. The molecule has 23 heavy (non-hydrogen) atoms. The molecule has 0 radical (unpaired) electrons. The Morgan fingerprint density at radius 1 is 1.30 bits per heavy atom. The monoisotopic (exact) mass is 344 g/mol. The Labute approximate surface area is 142 Å². The second-order valence-electron chi connectivity index (χ2n) is 4.97. The van der Waals surface area contributed by atoms with Crippen molar-refractivity contribution in [3.63, 3.8) is 0 Å². The van der Waals surface area contributed by atoms with E-state index in [1.165, 1.54) is 0 Å². The number of anilines is 1. The highest BCUT2D eigenvalue weighted by atomic mass is 32.1. The van der Waals surface area contributed by atoms with Crippen molar-refractivity contribution in [1.82, 2.24) is 15.3 Å². The topological polar surface area (TPSA) is 66.9 Å². The summed E-state index contributed by atoms with van der Waals surface area (Å²) in [4.78, 5) is 21.8. The van der Waals surface area contributed by atoms with E-state index in [9.17, 15) is 4.79 Å². The second kappa shape index (κ2) is 6.89. The van der Waals surface area contributed by atoms with Gasteiger partial charge in [-0.3, -0.25) is 0 Å². The first-order chi connectivity index (χ1) is 11.1. The molecule has 2 amide bonds. The summed E-state index contributed by atoms with van der Waals surface area (Å²) in [7, 11) is 0. The Morgan fingerprint density at radius 2 is 2.17 bits per heavy atom. The molecule has 0 aliphatic rings. The Kier molecular flexibility index (Phi) is 4.68. The van der Waals surface area contributed by atoms with E-state index < -0.39 is 0 Å². The summed E-state index contributed by atoms with van der Waals surface area (Å²) >= 11 is 3.17. The van der Waals surface area contributed by atoms with E-state index in [4.69, 9.17) is 0 Å². The molecule has 7 heteroatoms. The molecule has 0 spiro atoms. The number of aryl methyl sites for hydroxylation is 2. The zero-order chi connectivity index (χ0) is 16.2. The molecule has 3 rings (SSSR count). The lowest BCUT2D eigenvalue weighted by Gasteiger charge is -2.08. The zero-order valence-electron chi connectivity index (χ0n) is 12.8. The smallest absolute Gasteiger partial charge is 0.319 e. The zero-order valence-corrected chi connectivity index (χ0v) is 14.4. The molecule has 2 aromatic heterocycles. The van der Waals surface area contributed by atoms with Crippen LogP contribution in [0.2, 0.25) is 0 Å². The van der Waals surface area contributed by atoms with E-state index in [0.29, 0.717) is 6.54 Å². The van der Waals surface area contributed by atoms with Gasteiger partial charge in [-0.25, -0.2) is 14.8 Å². The standard InChI is InChI=1S/C16H16N4OS2/c1-10-14(23-11(2)19-10)9-18-16(21)20-13-5-3-4-12(8-13)15-17-6-7-22-15/h3-8H,9H2,1-2H3,(H2,18,20,21). The summed E-state index contributed by atoms with van der Waals surface area (Å²) in [5, 5.41) is 9.59. The molecule has 0 aliphatic carbocycles. The largest absolute Gasteiger partial charge is 0.333 e. The van der Waals surface area contributed by atoms with Crippen molar-refractivity contribution < 1.29 is 4.79 Å². The lowest BCUT2D eigenvalue weighted by molar-refractivity contribution is 0.252. The van der Waals surface area contributed by atoms with Crippen LogP contribution >= 0.6 is 22.7 Å². The van der Waals surface area contributed by atoms with Crippen molar-refractivity contribution in [2.45, 2.75) is 20.4 Å². The number of thiazole rings is 2. The van der Waals surface area contributed by atoms with Crippen molar-refractivity contribution in [1.29, 1.82) is 0 Å². The molecule has 0 aliphatic heterocycles. The molecule has 0 bridgehead atoms. The van der Waals surface area contributed by atoms with Gasteiger partial charge in [0.15, 0.2) is 0 Å². The Bertz CT molecular complexity index is 811. The fraction of sp³-hybridized carbons (Fsp3) is 0.188. The van der Waals surface area contributed by atoms with Gasteiger partial charge in [0.05, 0.1) is 17.2 Å². The number of aromatic nitrogens is 2. The second-order valence-corrected chi connectivity index (χ2v) is 7.15. The molecular formula is C16H16N4OS2. The summed E-state index contributed by atoms with van der Waals surface area (Å²) in [6.07, 6.45) is 1.77. The molecule has 0 unspecified atom stereocenters. The maximum atomic E-state index is 12.1. The number of carbonyl (C=O) groups is 1. The SMILES string of the molecule is Cc1nc(C)c(CNC(=O)Nc2cccc(-c3nccs3)c2)s1. The number of hydrogen-bond acceptors (Lipinski definition) is 5. The molecule has 2 heterocycles. The van der Waals surface area contributed by atoms with E-state index in [2.05, 4.69) is 20.6 Å². The van der Waals surface area contributed by atoms with Crippen molar-refractivity contribution >= 4 is 34.4 Å². The number of urea groups is 1. The van der Waals surface area contributed by atoms with Crippen LogP contribution in [0.3, 0.4) is 0 Å². The van der Waals surface area contributed by atoms with E-state index in [-0.39, 0.29) is 6.03 Å². The third-order valence-electron chi connectivity index (χ3n) is 3.21. The first kappa shape index (κ1) is 15.6. The molecular weight excluding hydrogens is 328 g/mol. The predicted octanol–water partition coefficient (Wildman–Crippen LogP) is 4.21. The molecule has 1 aromatic carbocycles. The van der Waals surface area contributed by atoms with Crippen LogP contribution in [0.15, 0.2) is 35.8 Å². The molecule has 2 N–H and O–H groups in total. The number of amides is 2. The minimum Gasteiger partial charge on any atom is -0.333 e. The average Bonchev–Trinajstić information content (AvgIpc) is 3.15. The van der Waals surface area contributed by atoms with Crippen LogP contribution in [0.1, 0.15) is 15.6 Å². The molecule has 0 fully saturated rings. The molecule has 0 atom stereocenters. The van der Waals surface area contributed by atoms with Gasteiger partial charge in [0.25, 0.3) is 0 Å². The lowest BCUT2D eigenvalue weighted by atomic mass is 10.2. The van der Waals surface area contributed by atoms with E-state index in [1.54, 1.807) is 28.9 Å². The normalized spacial score (nSPS) is 10.5. The van der Waals surface area contributed by atoms with Gasteiger partial charge in [0.2, 0.25) is 0 Å². The number of nitrogens with one attached hydrogen (secondary N) is 2. The van der Waals surface area contributed by atoms with Crippen LogP contribution in [-0.4, -0.2) is 16.0 Å². The highest BCUT2D eigenvalue weighted by Crippen LogP contribution is 2.24. The minimum absolute atomic E-state index is 0.230. The molecule has 3 aromatic rings. The van der Waals surface area contributed by atoms with Crippen LogP contribution in [0, 0.1) is 13.8 Å². The Hall–Kier alpha value is -2.25. The Balaban J connectivity index is 1.62. The minimum atomic E-state index is -0.230. The molecule has 0 saturated carbocycles. The summed E-state index contributed by atoms with van der Waals surface area (Å²) in [6.45, 7) is 4.40. The highest BCUT2D eigenvalue weighted by molar-refractivity contribution is 7.13. The summed E-state index contributed by atoms with van der Waals surface area (Å²) in [5.41, 5.74) is 2.71. The van der Waals surface area contributed by atoms with Crippen molar-refractivity contribution in [2.75, 3.05) is 5.32 Å². The van der Waals surface area contributed by atoms with Gasteiger partial charge >= 0.3 is 6.03 Å². The number of rotatable bonds is 4. The number of hydrogen-bond donors (Lipinski definition) is 2. The van der Waals surface area contributed by atoms with E-state index in [0.717, 1.165) is 31.8 Å². The molecule has 0 saturated heterocycles. The fourth-order valence-electron chi connectivity index (χ4n) is 2.17. The first-order valence-corrected chi connectivity index (χ1v) is 8.79. The number of nitrogens with zero attached hydrogens (tertiary/aromatic N) is 2. The predicted molar refractivity (Wildman–Crippen MR) is 95.0 cm³/mol.